The Bertz CT molecular complexity index is 910. The molecule has 0 saturated heterocycles. The molecule has 0 N–H and O–H groups in total. The first kappa shape index (κ1) is 13.5. The molecular weight excluding hydrogens is 280 g/mol. The van der Waals surface area contributed by atoms with Gasteiger partial charge in [-0.05, 0) is 48.6 Å². The van der Waals surface area contributed by atoms with Crippen molar-refractivity contribution in [1.29, 1.82) is 0 Å². The summed E-state index contributed by atoms with van der Waals surface area (Å²) in [6, 6.07) is 12.9. The number of benzene rings is 1. The third-order valence-corrected chi connectivity index (χ3v) is 6.69. The smallest absolute Gasteiger partial charge is 0.0967 e. The summed E-state index contributed by atoms with van der Waals surface area (Å²) in [5.74, 6) is 2.36. The first-order chi connectivity index (χ1) is 11.1. The van der Waals surface area contributed by atoms with Gasteiger partial charge in [0.15, 0.2) is 0 Å². The number of aromatic nitrogens is 2. The average molecular weight is 302 g/mol. The van der Waals surface area contributed by atoms with Crippen molar-refractivity contribution < 1.29 is 0 Å². The molecule has 0 amide bonds. The number of hydrogen-bond acceptors (Lipinski definition) is 2. The van der Waals surface area contributed by atoms with Crippen LogP contribution in [-0.2, 0) is 0 Å². The first-order valence-corrected chi connectivity index (χ1v) is 8.79. The van der Waals surface area contributed by atoms with E-state index in [-0.39, 0.29) is 0 Å². The van der Waals surface area contributed by atoms with Gasteiger partial charge in [-0.2, -0.15) is 0 Å². The molecule has 3 aromatic rings. The third kappa shape index (κ3) is 1.81. The molecule has 2 nitrogen and oxygen atoms in total. The van der Waals surface area contributed by atoms with Gasteiger partial charge in [-0.3, -0.25) is 9.97 Å². The molecule has 2 heterocycles. The van der Waals surface area contributed by atoms with Gasteiger partial charge in [0, 0.05) is 28.6 Å². The summed E-state index contributed by atoms with van der Waals surface area (Å²) in [7, 11) is 0. The zero-order chi connectivity index (χ0) is 15.6. The van der Waals surface area contributed by atoms with Crippen molar-refractivity contribution in [2.24, 2.45) is 17.3 Å². The SMILES string of the molecule is CC1(C)[C@@H]2CCC(c3ccc4ccc5cccnc5c4n3)[C@H]1C2. The molecule has 2 heteroatoms. The fourth-order valence-corrected chi connectivity index (χ4v) is 5.11. The predicted molar refractivity (Wildman–Crippen MR) is 94.4 cm³/mol. The van der Waals surface area contributed by atoms with Crippen LogP contribution in [0.3, 0.4) is 0 Å². The van der Waals surface area contributed by atoms with E-state index in [4.69, 9.17) is 4.98 Å². The normalized spacial score (nSPS) is 28.7. The van der Waals surface area contributed by atoms with Crippen LogP contribution in [0.2, 0.25) is 0 Å². The zero-order valence-corrected chi connectivity index (χ0v) is 13.8. The van der Waals surface area contributed by atoms with Crippen molar-refractivity contribution in [3.8, 4) is 0 Å². The van der Waals surface area contributed by atoms with E-state index < -0.39 is 0 Å². The molecule has 3 fully saturated rings. The Labute approximate surface area is 137 Å². The van der Waals surface area contributed by atoms with Crippen molar-refractivity contribution in [2.75, 3.05) is 0 Å². The maximum Gasteiger partial charge on any atom is 0.0967 e. The maximum atomic E-state index is 5.11. The topological polar surface area (TPSA) is 25.8 Å². The van der Waals surface area contributed by atoms with E-state index >= 15 is 0 Å². The Kier molecular flexibility index (Phi) is 2.66. The van der Waals surface area contributed by atoms with E-state index in [1.165, 1.54) is 35.7 Å². The molecule has 0 aliphatic heterocycles. The van der Waals surface area contributed by atoms with E-state index in [9.17, 15) is 0 Å². The van der Waals surface area contributed by atoms with Gasteiger partial charge in [-0.1, -0.05) is 38.1 Å². The number of fused-ring (bicyclic) bond motifs is 5. The quantitative estimate of drug-likeness (QED) is 0.568. The highest BCUT2D eigenvalue weighted by Crippen LogP contribution is 2.63. The number of rotatable bonds is 1. The number of nitrogens with zero attached hydrogens (tertiary/aromatic N) is 2. The molecule has 0 spiro atoms. The zero-order valence-electron chi connectivity index (χ0n) is 13.8. The van der Waals surface area contributed by atoms with Crippen molar-refractivity contribution in [2.45, 2.75) is 39.0 Å². The van der Waals surface area contributed by atoms with Crippen LogP contribution >= 0.6 is 0 Å². The van der Waals surface area contributed by atoms with Crippen molar-refractivity contribution in [3.63, 3.8) is 0 Å². The van der Waals surface area contributed by atoms with Gasteiger partial charge in [0.1, 0.15) is 0 Å². The molecule has 2 bridgehead atoms. The Balaban J connectivity index is 1.66. The van der Waals surface area contributed by atoms with E-state index in [1.54, 1.807) is 0 Å². The van der Waals surface area contributed by atoms with E-state index in [2.05, 4.69) is 49.2 Å². The Morgan fingerprint density at radius 1 is 0.957 bits per heavy atom. The second-order valence-corrected chi connectivity index (χ2v) is 7.99. The molecule has 3 atom stereocenters. The lowest BCUT2D eigenvalue weighted by molar-refractivity contribution is -0.0813. The second kappa shape index (κ2) is 4.53. The molecular formula is C21H22N2. The van der Waals surface area contributed by atoms with Gasteiger partial charge in [0.25, 0.3) is 0 Å². The van der Waals surface area contributed by atoms with E-state index in [0.717, 1.165) is 22.9 Å². The summed E-state index contributed by atoms with van der Waals surface area (Å²) < 4.78 is 0. The summed E-state index contributed by atoms with van der Waals surface area (Å²) in [4.78, 5) is 9.70. The molecule has 1 aromatic carbocycles. The Hall–Kier alpha value is -1.96. The van der Waals surface area contributed by atoms with Crippen LogP contribution in [0.1, 0.15) is 44.7 Å². The highest BCUT2D eigenvalue weighted by molar-refractivity contribution is 6.02. The van der Waals surface area contributed by atoms with Crippen LogP contribution in [0.5, 0.6) is 0 Å². The van der Waals surface area contributed by atoms with Crippen LogP contribution in [0, 0.1) is 17.3 Å². The fraction of sp³-hybridized carbons (Fsp3) is 0.429. The molecule has 3 aliphatic rings. The summed E-state index contributed by atoms with van der Waals surface area (Å²) >= 11 is 0. The van der Waals surface area contributed by atoms with Gasteiger partial charge in [-0.25, -0.2) is 0 Å². The molecule has 3 aliphatic carbocycles. The van der Waals surface area contributed by atoms with Crippen LogP contribution in [0.15, 0.2) is 42.6 Å². The molecule has 1 unspecified atom stereocenters. The Morgan fingerprint density at radius 2 is 1.74 bits per heavy atom. The highest BCUT2D eigenvalue weighted by atomic mass is 14.8. The highest BCUT2D eigenvalue weighted by Gasteiger charge is 2.54. The minimum absolute atomic E-state index is 0.497. The van der Waals surface area contributed by atoms with Crippen LogP contribution < -0.4 is 0 Å². The lowest BCUT2D eigenvalue weighted by Gasteiger charge is -2.60. The van der Waals surface area contributed by atoms with Gasteiger partial charge in [0.2, 0.25) is 0 Å². The van der Waals surface area contributed by atoms with E-state index in [0.29, 0.717) is 11.3 Å². The lowest BCUT2D eigenvalue weighted by Crippen LogP contribution is -2.51. The lowest BCUT2D eigenvalue weighted by atomic mass is 9.45. The standard InChI is InChI=1S/C21H22N2/c1-21(2)15-8-9-16(17(21)12-15)18-10-7-14-6-5-13-4-3-11-22-19(13)20(14)23-18/h3-7,10-11,15-17H,8-9,12H2,1-2H3/t15-,16?,17-/m1/s1. The van der Waals surface area contributed by atoms with Crippen molar-refractivity contribution in [3.05, 3.63) is 48.3 Å². The molecule has 3 saturated carbocycles. The van der Waals surface area contributed by atoms with Crippen molar-refractivity contribution >= 4 is 21.8 Å². The number of hydrogen-bond donors (Lipinski definition) is 0. The molecule has 6 rings (SSSR count). The maximum absolute atomic E-state index is 5.11. The number of pyridine rings is 2. The van der Waals surface area contributed by atoms with Gasteiger partial charge >= 0.3 is 0 Å². The minimum Gasteiger partial charge on any atom is -0.254 e. The van der Waals surface area contributed by atoms with Gasteiger partial charge in [-0.15, -0.1) is 0 Å². The molecule has 116 valence electrons. The fourth-order valence-electron chi connectivity index (χ4n) is 5.11. The predicted octanol–water partition coefficient (Wildman–Crippen LogP) is 5.32. The average Bonchev–Trinajstić information content (AvgIpc) is 2.61. The van der Waals surface area contributed by atoms with Crippen LogP contribution in [-0.4, -0.2) is 9.97 Å². The van der Waals surface area contributed by atoms with Gasteiger partial charge < -0.3 is 0 Å². The van der Waals surface area contributed by atoms with E-state index in [1.807, 2.05) is 12.3 Å². The van der Waals surface area contributed by atoms with Crippen LogP contribution in [0.25, 0.3) is 21.8 Å². The minimum atomic E-state index is 0.497. The van der Waals surface area contributed by atoms with Gasteiger partial charge in [0.05, 0.1) is 11.0 Å². The third-order valence-electron chi connectivity index (χ3n) is 6.69. The monoisotopic (exact) mass is 302 g/mol. The molecule has 2 aromatic heterocycles. The summed E-state index contributed by atoms with van der Waals surface area (Å²) in [5, 5.41) is 2.37. The Morgan fingerprint density at radius 3 is 2.52 bits per heavy atom. The summed E-state index contributed by atoms with van der Waals surface area (Å²) in [6.45, 7) is 4.91. The second-order valence-electron chi connectivity index (χ2n) is 7.99. The van der Waals surface area contributed by atoms with Crippen LogP contribution in [0.4, 0.5) is 0 Å². The largest absolute Gasteiger partial charge is 0.254 e. The summed E-state index contributed by atoms with van der Waals surface area (Å²) in [5.41, 5.74) is 3.89. The molecule has 0 radical (unpaired) electrons. The molecule has 23 heavy (non-hydrogen) atoms. The summed E-state index contributed by atoms with van der Waals surface area (Å²) in [6.07, 6.45) is 5.93. The first-order valence-electron chi connectivity index (χ1n) is 8.79. The van der Waals surface area contributed by atoms with Crippen molar-refractivity contribution in [1.82, 2.24) is 9.97 Å².